The summed E-state index contributed by atoms with van der Waals surface area (Å²) >= 11 is 6.58. The van der Waals surface area contributed by atoms with Gasteiger partial charge in [-0.3, -0.25) is 4.79 Å². The summed E-state index contributed by atoms with van der Waals surface area (Å²) in [4.78, 5) is 12.1. The molecule has 6 nitrogen and oxygen atoms in total. The number of amides is 1. The molecule has 0 aliphatic rings. The maximum Gasteiger partial charge on any atom is 0.262 e. The predicted molar refractivity (Wildman–Crippen MR) is 110 cm³/mol. The first-order chi connectivity index (χ1) is 12.4. The van der Waals surface area contributed by atoms with Crippen LogP contribution in [0, 0.1) is 0 Å². The van der Waals surface area contributed by atoms with E-state index in [0.717, 1.165) is 15.9 Å². The minimum Gasteiger partial charge on any atom is -0.506 e. The summed E-state index contributed by atoms with van der Waals surface area (Å²) in [5.41, 5.74) is 3.72. The zero-order chi connectivity index (χ0) is 19.1. The van der Waals surface area contributed by atoms with Gasteiger partial charge in [0.25, 0.3) is 5.91 Å². The molecule has 2 aromatic carbocycles. The Morgan fingerprint density at radius 1 is 1.31 bits per heavy atom. The number of nitrogens with one attached hydrogen (secondary N) is 2. The molecule has 138 valence electrons. The van der Waals surface area contributed by atoms with Crippen LogP contribution >= 0.6 is 31.9 Å². The van der Waals surface area contributed by atoms with Gasteiger partial charge < -0.3 is 15.2 Å². The van der Waals surface area contributed by atoms with Gasteiger partial charge in [-0.15, -0.1) is 0 Å². The number of hydrogen-bond donors (Lipinski definition) is 3. The summed E-state index contributed by atoms with van der Waals surface area (Å²) in [6, 6.07) is 10.3. The quantitative estimate of drug-likeness (QED) is 0.405. The number of nitrogens with zero attached hydrogens (tertiary/aromatic N) is 1. The molecule has 0 aliphatic carbocycles. The number of anilines is 1. The lowest BCUT2D eigenvalue weighted by atomic mass is 10.2. The molecule has 0 radical (unpaired) electrons. The first-order valence-corrected chi connectivity index (χ1v) is 9.49. The fourth-order valence-electron chi connectivity index (χ4n) is 2.08. The normalized spacial score (nSPS) is 12.0. The minimum atomic E-state index is -0.493. The van der Waals surface area contributed by atoms with Crippen molar-refractivity contribution in [1.82, 2.24) is 5.43 Å². The zero-order valence-corrected chi connectivity index (χ0v) is 17.5. The summed E-state index contributed by atoms with van der Waals surface area (Å²) in [5.74, 6) is 0.523. The van der Waals surface area contributed by atoms with Gasteiger partial charge in [0.2, 0.25) is 0 Å². The second-order valence-electron chi connectivity index (χ2n) is 5.38. The SMILES string of the molecule is CCOc1ccc(N[C@H](C)C(=O)N/N=C/c2cc(Br)cc(Br)c2O)cc1. The molecule has 0 heterocycles. The van der Waals surface area contributed by atoms with Crippen molar-refractivity contribution in [2.75, 3.05) is 11.9 Å². The van der Waals surface area contributed by atoms with Crippen molar-refractivity contribution in [3.63, 3.8) is 0 Å². The van der Waals surface area contributed by atoms with Gasteiger partial charge in [0.15, 0.2) is 0 Å². The fraction of sp³-hybridized carbons (Fsp3) is 0.222. The van der Waals surface area contributed by atoms with E-state index in [0.29, 0.717) is 16.6 Å². The molecular weight excluding hydrogens is 466 g/mol. The van der Waals surface area contributed by atoms with Crippen LogP contribution in [0.15, 0.2) is 50.4 Å². The molecule has 0 bridgehead atoms. The largest absolute Gasteiger partial charge is 0.506 e. The zero-order valence-electron chi connectivity index (χ0n) is 14.3. The number of rotatable bonds is 7. The number of benzene rings is 2. The highest BCUT2D eigenvalue weighted by Gasteiger charge is 2.12. The van der Waals surface area contributed by atoms with Crippen LogP contribution in [-0.2, 0) is 4.79 Å². The molecule has 3 N–H and O–H groups in total. The summed E-state index contributed by atoms with van der Waals surface area (Å²) in [6.45, 7) is 4.26. The number of ether oxygens (including phenoxy) is 1. The van der Waals surface area contributed by atoms with Gasteiger partial charge in [-0.05, 0) is 66.2 Å². The average molecular weight is 485 g/mol. The van der Waals surface area contributed by atoms with Crippen LogP contribution < -0.4 is 15.5 Å². The van der Waals surface area contributed by atoms with E-state index < -0.39 is 6.04 Å². The number of aromatic hydroxyl groups is 1. The third-order valence-corrected chi connectivity index (χ3v) is 4.44. The number of halogens is 2. The summed E-state index contributed by atoms with van der Waals surface area (Å²) in [7, 11) is 0. The van der Waals surface area contributed by atoms with Crippen molar-refractivity contribution in [3.05, 3.63) is 50.9 Å². The number of carbonyl (C=O) groups excluding carboxylic acids is 1. The van der Waals surface area contributed by atoms with Gasteiger partial charge in [0.05, 0.1) is 17.3 Å². The molecule has 0 saturated heterocycles. The highest BCUT2D eigenvalue weighted by atomic mass is 79.9. The molecule has 2 aromatic rings. The lowest BCUT2D eigenvalue weighted by molar-refractivity contribution is -0.121. The van der Waals surface area contributed by atoms with E-state index >= 15 is 0 Å². The van der Waals surface area contributed by atoms with E-state index in [1.165, 1.54) is 6.21 Å². The Morgan fingerprint density at radius 3 is 2.65 bits per heavy atom. The van der Waals surface area contributed by atoms with Crippen LogP contribution in [0.5, 0.6) is 11.5 Å². The first-order valence-electron chi connectivity index (χ1n) is 7.91. The highest BCUT2D eigenvalue weighted by molar-refractivity contribution is 9.11. The Hall–Kier alpha value is -2.06. The number of phenols is 1. The topological polar surface area (TPSA) is 83.0 Å². The Morgan fingerprint density at radius 2 is 2.00 bits per heavy atom. The van der Waals surface area contributed by atoms with Gasteiger partial charge in [-0.2, -0.15) is 5.10 Å². The Labute approximate surface area is 168 Å². The summed E-state index contributed by atoms with van der Waals surface area (Å²) in [6.07, 6.45) is 1.38. The van der Waals surface area contributed by atoms with E-state index in [2.05, 4.69) is 47.7 Å². The summed E-state index contributed by atoms with van der Waals surface area (Å²) in [5, 5.41) is 16.9. The predicted octanol–water partition coefficient (Wildman–Crippen LogP) is 4.27. The maximum absolute atomic E-state index is 12.1. The van der Waals surface area contributed by atoms with Crippen LogP contribution in [0.3, 0.4) is 0 Å². The Balaban J connectivity index is 1.92. The number of hydrogen-bond acceptors (Lipinski definition) is 5. The average Bonchev–Trinajstić information content (AvgIpc) is 2.60. The van der Waals surface area contributed by atoms with E-state index in [9.17, 15) is 9.90 Å². The van der Waals surface area contributed by atoms with Gasteiger partial charge in [-0.1, -0.05) is 15.9 Å². The Kier molecular flexibility index (Phi) is 7.47. The lowest BCUT2D eigenvalue weighted by Gasteiger charge is -2.14. The molecule has 0 fully saturated rings. The maximum atomic E-state index is 12.1. The molecule has 8 heteroatoms. The fourth-order valence-corrected chi connectivity index (χ4v) is 3.33. The molecule has 1 atom stereocenters. The van der Waals surface area contributed by atoms with Crippen LogP contribution in [0.2, 0.25) is 0 Å². The first kappa shape index (κ1) is 20.3. The number of hydrazone groups is 1. The van der Waals surface area contributed by atoms with Crippen LogP contribution in [0.4, 0.5) is 5.69 Å². The molecule has 0 unspecified atom stereocenters. The van der Waals surface area contributed by atoms with E-state index in [4.69, 9.17) is 4.74 Å². The van der Waals surface area contributed by atoms with Gasteiger partial charge in [0, 0.05) is 15.7 Å². The molecule has 0 aliphatic heterocycles. The van der Waals surface area contributed by atoms with Gasteiger partial charge in [0.1, 0.15) is 17.5 Å². The third kappa shape index (κ3) is 5.74. The van der Waals surface area contributed by atoms with Gasteiger partial charge in [-0.25, -0.2) is 5.43 Å². The van der Waals surface area contributed by atoms with Gasteiger partial charge >= 0.3 is 0 Å². The monoisotopic (exact) mass is 483 g/mol. The second kappa shape index (κ2) is 9.59. The van der Waals surface area contributed by atoms with Crippen LogP contribution in [0.25, 0.3) is 0 Å². The smallest absolute Gasteiger partial charge is 0.262 e. The molecule has 0 aromatic heterocycles. The van der Waals surface area contributed by atoms with E-state index in [-0.39, 0.29) is 11.7 Å². The summed E-state index contributed by atoms with van der Waals surface area (Å²) < 4.78 is 6.69. The minimum absolute atomic E-state index is 0.0479. The van der Waals surface area contributed by atoms with Crippen molar-refractivity contribution in [2.45, 2.75) is 19.9 Å². The Bertz CT molecular complexity index is 795. The standard InChI is InChI=1S/C18H19Br2N3O3/c1-3-26-15-6-4-14(5-7-15)22-11(2)18(25)23-21-10-12-8-13(19)9-16(20)17(12)24/h4-11,22,24H,3H2,1-2H3,(H,23,25)/b21-10+/t11-/m1/s1. The molecule has 0 spiro atoms. The molecule has 26 heavy (non-hydrogen) atoms. The van der Waals surface area contributed by atoms with Crippen molar-refractivity contribution < 1.29 is 14.6 Å². The van der Waals surface area contributed by atoms with Crippen LogP contribution in [0.1, 0.15) is 19.4 Å². The third-order valence-electron chi connectivity index (χ3n) is 3.38. The number of carbonyl (C=O) groups is 1. The van der Waals surface area contributed by atoms with E-state index in [1.807, 2.05) is 31.2 Å². The molecule has 2 rings (SSSR count). The van der Waals surface area contributed by atoms with Crippen LogP contribution in [-0.4, -0.2) is 29.9 Å². The second-order valence-corrected chi connectivity index (χ2v) is 7.15. The highest BCUT2D eigenvalue weighted by Crippen LogP contribution is 2.30. The van der Waals surface area contributed by atoms with Crippen molar-refractivity contribution >= 4 is 49.7 Å². The number of phenolic OH excluding ortho intramolecular Hbond substituents is 1. The van der Waals surface area contributed by atoms with Crippen molar-refractivity contribution in [3.8, 4) is 11.5 Å². The molecule has 1 amide bonds. The van der Waals surface area contributed by atoms with Crippen molar-refractivity contribution in [1.29, 1.82) is 0 Å². The van der Waals surface area contributed by atoms with Crippen molar-refractivity contribution in [2.24, 2.45) is 5.10 Å². The van der Waals surface area contributed by atoms with E-state index in [1.54, 1.807) is 19.1 Å². The lowest BCUT2D eigenvalue weighted by Crippen LogP contribution is -2.34. The molecular formula is C18H19Br2N3O3. The molecule has 0 saturated carbocycles.